The molecule has 1 aromatic carbocycles. The molecule has 4 nitrogen and oxygen atoms in total. The molecule has 2 N–H and O–H groups in total. The zero-order chi connectivity index (χ0) is 13.8. The first kappa shape index (κ1) is 13.7. The van der Waals surface area contributed by atoms with Crippen LogP contribution in [0.5, 0.6) is 5.75 Å². The van der Waals surface area contributed by atoms with E-state index in [1.54, 1.807) is 19.2 Å². The molecule has 19 heavy (non-hydrogen) atoms. The van der Waals surface area contributed by atoms with Crippen molar-refractivity contribution in [3.8, 4) is 5.75 Å². The number of thiophene rings is 1. The van der Waals surface area contributed by atoms with E-state index in [1.165, 1.54) is 17.4 Å². The molecule has 2 rings (SSSR count). The molecule has 1 aromatic heterocycles. The number of anilines is 1. The number of halogens is 1. The number of hydrogen-bond acceptors (Lipinski definition) is 4. The molecular weight excluding hydrogens is 286 g/mol. The second-order valence-electron chi connectivity index (χ2n) is 3.78. The van der Waals surface area contributed by atoms with Crippen molar-refractivity contribution in [2.24, 2.45) is 0 Å². The second kappa shape index (κ2) is 5.95. The van der Waals surface area contributed by atoms with Crippen LogP contribution in [0.4, 0.5) is 5.69 Å². The summed E-state index contributed by atoms with van der Waals surface area (Å²) in [6.45, 7) is 0.519. The Bertz CT molecular complexity index is 597. The van der Waals surface area contributed by atoms with Crippen molar-refractivity contribution in [1.29, 1.82) is 0 Å². The summed E-state index contributed by atoms with van der Waals surface area (Å²) in [5, 5.41) is 12.2. The van der Waals surface area contributed by atoms with Gasteiger partial charge in [-0.05, 0) is 24.3 Å². The summed E-state index contributed by atoms with van der Waals surface area (Å²) in [7, 11) is 1.54. The Morgan fingerprint density at radius 3 is 2.79 bits per heavy atom. The maximum Gasteiger partial charge on any atom is 0.337 e. The van der Waals surface area contributed by atoms with Crippen molar-refractivity contribution in [3.63, 3.8) is 0 Å². The van der Waals surface area contributed by atoms with E-state index < -0.39 is 5.97 Å². The van der Waals surface area contributed by atoms with Crippen LogP contribution in [0.3, 0.4) is 0 Å². The third-order valence-electron chi connectivity index (χ3n) is 2.54. The molecule has 6 heteroatoms. The molecule has 2 aromatic rings. The first-order chi connectivity index (χ1) is 9.10. The average molecular weight is 298 g/mol. The van der Waals surface area contributed by atoms with E-state index in [4.69, 9.17) is 21.4 Å². The molecule has 0 aliphatic heterocycles. The Balaban J connectivity index is 2.19. The lowest BCUT2D eigenvalue weighted by molar-refractivity contribution is 0.0698. The number of ether oxygens (including phenoxy) is 1. The Morgan fingerprint density at radius 1 is 1.42 bits per heavy atom. The Kier molecular flexibility index (Phi) is 4.29. The van der Waals surface area contributed by atoms with Gasteiger partial charge in [0.05, 0.1) is 22.7 Å². The fourth-order valence-corrected chi connectivity index (χ4v) is 2.64. The topological polar surface area (TPSA) is 58.6 Å². The van der Waals surface area contributed by atoms with Gasteiger partial charge in [0.2, 0.25) is 0 Å². The third-order valence-corrected chi connectivity index (χ3v) is 3.77. The van der Waals surface area contributed by atoms with Crippen molar-refractivity contribution in [2.45, 2.75) is 6.54 Å². The van der Waals surface area contributed by atoms with Gasteiger partial charge in [-0.25, -0.2) is 4.79 Å². The van der Waals surface area contributed by atoms with E-state index in [0.29, 0.717) is 22.3 Å². The maximum atomic E-state index is 11.1. The summed E-state index contributed by atoms with van der Waals surface area (Å²) in [6.07, 6.45) is 0. The molecule has 0 fully saturated rings. The van der Waals surface area contributed by atoms with Gasteiger partial charge in [-0.2, -0.15) is 0 Å². The average Bonchev–Trinajstić information content (AvgIpc) is 2.81. The molecule has 0 amide bonds. The van der Waals surface area contributed by atoms with Gasteiger partial charge in [-0.1, -0.05) is 11.6 Å². The fraction of sp³-hybridized carbons (Fsp3) is 0.154. The molecule has 0 aliphatic rings. The second-order valence-corrected chi connectivity index (χ2v) is 5.58. The minimum Gasteiger partial charge on any atom is -0.497 e. The Morgan fingerprint density at radius 2 is 2.21 bits per heavy atom. The molecule has 0 bridgehead atoms. The van der Waals surface area contributed by atoms with E-state index in [9.17, 15) is 4.79 Å². The van der Waals surface area contributed by atoms with Crippen LogP contribution in [-0.4, -0.2) is 18.2 Å². The van der Waals surface area contributed by atoms with Gasteiger partial charge in [0.1, 0.15) is 5.75 Å². The van der Waals surface area contributed by atoms with Crippen molar-refractivity contribution >= 4 is 34.6 Å². The first-order valence-corrected chi connectivity index (χ1v) is 6.69. The fourth-order valence-electron chi connectivity index (χ4n) is 1.61. The number of carbonyl (C=O) groups is 1. The van der Waals surface area contributed by atoms with Gasteiger partial charge in [0.25, 0.3) is 0 Å². The van der Waals surface area contributed by atoms with Crippen molar-refractivity contribution in [2.75, 3.05) is 12.4 Å². The first-order valence-electron chi connectivity index (χ1n) is 5.49. The Labute approximate surface area is 119 Å². The lowest BCUT2D eigenvalue weighted by atomic mass is 10.1. The number of benzene rings is 1. The molecule has 0 radical (unpaired) electrons. The standard InChI is InChI=1S/C13H12ClNO3S/c1-18-8-2-4-10(13(16)17)11(6-8)15-7-9-3-5-12(14)19-9/h2-6,15H,7H2,1H3,(H,16,17). The number of methoxy groups -OCH3 is 1. The lowest BCUT2D eigenvalue weighted by Crippen LogP contribution is -2.06. The predicted molar refractivity (Wildman–Crippen MR) is 76.6 cm³/mol. The van der Waals surface area contributed by atoms with E-state index in [-0.39, 0.29) is 5.56 Å². The molecule has 0 atom stereocenters. The predicted octanol–water partition coefficient (Wildman–Crippen LogP) is 3.72. The number of rotatable bonds is 5. The van der Waals surface area contributed by atoms with E-state index in [1.807, 2.05) is 12.1 Å². The SMILES string of the molecule is COc1ccc(C(=O)O)c(NCc2ccc(Cl)s2)c1. The van der Waals surface area contributed by atoms with Gasteiger partial charge in [0.15, 0.2) is 0 Å². The lowest BCUT2D eigenvalue weighted by Gasteiger charge is -2.10. The van der Waals surface area contributed by atoms with Crippen LogP contribution in [0.15, 0.2) is 30.3 Å². The van der Waals surface area contributed by atoms with Crippen LogP contribution in [-0.2, 0) is 6.54 Å². The maximum absolute atomic E-state index is 11.1. The summed E-state index contributed by atoms with van der Waals surface area (Å²) >= 11 is 7.30. The molecule has 0 saturated heterocycles. The van der Waals surface area contributed by atoms with Gasteiger partial charge in [-0.15, -0.1) is 11.3 Å². The van der Waals surface area contributed by atoms with E-state index >= 15 is 0 Å². The van der Waals surface area contributed by atoms with Crippen LogP contribution < -0.4 is 10.1 Å². The molecule has 0 unspecified atom stereocenters. The van der Waals surface area contributed by atoms with Crippen LogP contribution in [0.2, 0.25) is 4.34 Å². The summed E-state index contributed by atoms with van der Waals surface area (Å²) in [5.74, 6) is -0.369. The summed E-state index contributed by atoms with van der Waals surface area (Å²) in [5.41, 5.74) is 0.736. The van der Waals surface area contributed by atoms with Crippen molar-refractivity contribution < 1.29 is 14.6 Å². The van der Waals surface area contributed by atoms with E-state index in [2.05, 4.69) is 5.32 Å². The number of aromatic carboxylic acids is 1. The molecule has 0 saturated carbocycles. The molecular formula is C13H12ClNO3S. The van der Waals surface area contributed by atoms with Crippen molar-refractivity contribution in [1.82, 2.24) is 0 Å². The highest BCUT2D eigenvalue weighted by atomic mass is 35.5. The quantitative estimate of drug-likeness (QED) is 0.883. The van der Waals surface area contributed by atoms with Crippen LogP contribution in [0.25, 0.3) is 0 Å². The van der Waals surface area contributed by atoms with Crippen molar-refractivity contribution in [3.05, 3.63) is 45.1 Å². The third kappa shape index (κ3) is 3.39. The van der Waals surface area contributed by atoms with Gasteiger partial charge in [0, 0.05) is 17.5 Å². The minimum atomic E-state index is -0.977. The van der Waals surface area contributed by atoms with Gasteiger partial charge in [-0.3, -0.25) is 0 Å². The van der Waals surface area contributed by atoms with Gasteiger partial charge >= 0.3 is 5.97 Å². The molecule has 0 aliphatic carbocycles. The minimum absolute atomic E-state index is 0.212. The largest absolute Gasteiger partial charge is 0.497 e. The van der Waals surface area contributed by atoms with Crippen LogP contribution in [0, 0.1) is 0 Å². The number of nitrogens with one attached hydrogen (secondary N) is 1. The highest BCUT2D eigenvalue weighted by molar-refractivity contribution is 7.16. The summed E-state index contributed by atoms with van der Waals surface area (Å²) < 4.78 is 5.80. The monoisotopic (exact) mass is 297 g/mol. The highest BCUT2D eigenvalue weighted by Gasteiger charge is 2.11. The normalized spacial score (nSPS) is 10.2. The number of carboxylic acid groups (broad SMARTS) is 1. The number of hydrogen-bond donors (Lipinski definition) is 2. The van der Waals surface area contributed by atoms with E-state index in [0.717, 1.165) is 4.88 Å². The van der Waals surface area contributed by atoms with Gasteiger partial charge < -0.3 is 15.2 Å². The van der Waals surface area contributed by atoms with Crippen LogP contribution >= 0.6 is 22.9 Å². The zero-order valence-electron chi connectivity index (χ0n) is 10.1. The summed E-state index contributed by atoms with van der Waals surface area (Å²) in [4.78, 5) is 12.2. The van der Waals surface area contributed by atoms with Crippen LogP contribution in [0.1, 0.15) is 15.2 Å². The zero-order valence-corrected chi connectivity index (χ0v) is 11.7. The smallest absolute Gasteiger partial charge is 0.337 e. The number of carboxylic acids is 1. The molecule has 0 spiro atoms. The molecule has 1 heterocycles. The Hall–Kier alpha value is -1.72. The molecule has 100 valence electrons. The summed E-state index contributed by atoms with van der Waals surface area (Å²) in [6, 6.07) is 8.52. The highest BCUT2D eigenvalue weighted by Crippen LogP contribution is 2.25.